The molecule has 3 heterocycles. The van der Waals surface area contributed by atoms with Gasteiger partial charge in [0.05, 0.1) is 16.6 Å². The summed E-state index contributed by atoms with van der Waals surface area (Å²) in [6.45, 7) is 2.68. The number of nitrogens with one attached hydrogen (secondary N) is 2. The molecule has 3 N–H and O–H groups in total. The first kappa shape index (κ1) is 22.3. The van der Waals surface area contributed by atoms with Gasteiger partial charge in [0, 0.05) is 40.0 Å². The van der Waals surface area contributed by atoms with E-state index in [1.165, 1.54) is 5.56 Å². The lowest BCUT2D eigenvalue weighted by Crippen LogP contribution is -2.26. The maximum atomic E-state index is 13.1. The molecule has 1 aromatic heterocycles. The molecule has 6 nitrogen and oxygen atoms in total. The molecular weight excluding hydrogens is 462 g/mol. The van der Waals surface area contributed by atoms with Gasteiger partial charge in [0.25, 0.3) is 11.8 Å². The number of piperidine rings is 1. The second-order valence-electron chi connectivity index (χ2n) is 9.36. The lowest BCUT2D eigenvalue weighted by molar-refractivity contribution is 0.0880. The van der Waals surface area contributed by atoms with Crippen LogP contribution in [0.4, 0.5) is 0 Å². The largest absolute Gasteiger partial charge is 0.396 e. The van der Waals surface area contributed by atoms with Gasteiger partial charge in [0.15, 0.2) is 0 Å². The number of hydrogen-bond donors (Lipinski definition) is 3. The van der Waals surface area contributed by atoms with Crippen molar-refractivity contribution >= 4 is 45.2 Å². The fraction of sp³-hybridized carbons (Fsp3) is 0.286. The summed E-state index contributed by atoms with van der Waals surface area (Å²) in [5.41, 5.74) is 5.32. The number of nitrogens with zero attached hydrogens (tertiary/aromatic N) is 1. The van der Waals surface area contributed by atoms with Crippen molar-refractivity contribution < 1.29 is 14.7 Å². The van der Waals surface area contributed by atoms with E-state index in [4.69, 9.17) is 11.6 Å². The standard InChI is InChI=1S/C28H26ClN3O3/c29-21-5-2-1-4-18(21)20-15-23-24(26-25(20)27(34)31-28(26)35)19-7-6-17(16-8-10-30-11-9-16)14-22(19)32(23)12-3-13-33/h1-2,4-7,14-16,30,33H,3,8-13H2,(H,31,34,35). The van der Waals surface area contributed by atoms with E-state index >= 15 is 0 Å². The highest BCUT2D eigenvalue weighted by molar-refractivity contribution is 6.36. The number of imide groups is 1. The van der Waals surface area contributed by atoms with Gasteiger partial charge in [0.1, 0.15) is 0 Å². The number of fused-ring (bicyclic) bond motifs is 5. The molecule has 1 saturated heterocycles. The molecule has 0 spiro atoms. The van der Waals surface area contributed by atoms with E-state index in [1.54, 1.807) is 6.07 Å². The third kappa shape index (κ3) is 3.56. The molecule has 7 heteroatoms. The number of aryl methyl sites for hydroxylation is 1. The zero-order valence-corrected chi connectivity index (χ0v) is 20.0. The number of amides is 2. The molecule has 4 aromatic rings. The van der Waals surface area contributed by atoms with Crippen LogP contribution in [0.15, 0.2) is 48.5 Å². The minimum absolute atomic E-state index is 0.0659. The summed E-state index contributed by atoms with van der Waals surface area (Å²) in [6, 6.07) is 15.8. The van der Waals surface area contributed by atoms with Crippen LogP contribution in [-0.4, -0.2) is 41.2 Å². The third-order valence-electron chi connectivity index (χ3n) is 7.37. The summed E-state index contributed by atoms with van der Waals surface area (Å²) in [7, 11) is 0. The second-order valence-corrected chi connectivity index (χ2v) is 9.77. The summed E-state index contributed by atoms with van der Waals surface area (Å²) in [5, 5.41) is 17.8. The number of carbonyl (C=O) groups is 2. The van der Waals surface area contributed by atoms with Crippen molar-refractivity contribution in [2.24, 2.45) is 0 Å². The van der Waals surface area contributed by atoms with Crippen molar-refractivity contribution in [3.05, 3.63) is 70.2 Å². The second kappa shape index (κ2) is 8.79. The van der Waals surface area contributed by atoms with Crippen molar-refractivity contribution in [2.75, 3.05) is 19.7 Å². The first-order valence-corrected chi connectivity index (χ1v) is 12.5. The van der Waals surface area contributed by atoms with E-state index in [0.29, 0.717) is 46.2 Å². The first-order chi connectivity index (χ1) is 17.1. The number of aliphatic hydroxyl groups is 1. The predicted octanol–water partition coefficient (Wildman–Crippen LogP) is 4.85. The van der Waals surface area contributed by atoms with Crippen LogP contribution in [0.3, 0.4) is 0 Å². The van der Waals surface area contributed by atoms with E-state index in [0.717, 1.165) is 47.7 Å². The van der Waals surface area contributed by atoms with Gasteiger partial charge >= 0.3 is 0 Å². The minimum Gasteiger partial charge on any atom is -0.396 e. The maximum absolute atomic E-state index is 13.1. The van der Waals surface area contributed by atoms with Crippen molar-refractivity contribution in [3.8, 4) is 11.1 Å². The molecule has 0 atom stereocenters. The molecule has 3 aromatic carbocycles. The molecule has 2 aliphatic rings. The molecule has 0 bridgehead atoms. The Bertz CT molecular complexity index is 1500. The SMILES string of the molecule is O=C1NC(=O)c2c1c(-c1ccccc1Cl)cc1c2c2ccc(C3CCNCC3)cc2n1CCCO. The van der Waals surface area contributed by atoms with Crippen molar-refractivity contribution in [1.82, 2.24) is 15.2 Å². The van der Waals surface area contributed by atoms with Crippen LogP contribution in [0.25, 0.3) is 32.9 Å². The zero-order valence-electron chi connectivity index (χ0n) is 19.2. The molecule has 0 radical (unpaired) electrons. The lowest BCUT2D eigenvalue weighted by atomic mass is 9.89. The number of benzene rings is 3. The van der Waals surface area contributed by atoms with E-state index < -0.39 is 5.91 Å². The van der Waals surface area contributed by atoms with Gasteiger partial charge in [-0.1, -0.05) is 41.9 Å². The summed E-state index contributed by atoms with van der Waals surface area (Å²) in [5.74, 6) is -0.295. The Labute approximate surface area is 207 Å². The summed E-state index contributed by atoms with van der Waals surface area (Å²) in [6.07, 6.45) is 2.76. The normalized spacial score (nSPS) is 16.3. The first-order valence-electron chi connectivity index (χ1n) is 12.1. The Morgan fingerprint density at radius 2 is 1.71 bits per heavy atom. The van der Waals surface area contributed by atoms with Gasteiger partial charge in [0.2, 0.25) is 0 Å². The van der Waals surface area contributed by atoms with Crippen LogP contribution in [-0.2, 0) is 6.54 Å². The van der Waals surface area contributed by atoms with E-state index in [-0.39, 0.29) is 12.5 Å². The molecule has 2 amide bonds. The molecule has 0 unspecified atom stereocenters. The molecule has 0 aliphatic carbocycles. The van der Waals surface area contributed by atoms with Gasteiger partial charge < -0.3 is 15.0 Å². The third-order valence-corrected chi connectivity index (χ3v) is 7.70. The fourth-order valence-electron chi connectivity index (χ4n) is 5.73. The molecule has 6 rings (SSSR count). The van der Waals surface area contributed by atoms with Crippen molar-refractivity contribution in [2.45, 2.75) is 31.7 Å². The van der Waals surface area contributed by atoms with Gasteiger partial charge in [-0.3, -0.25) is 14.9 Å². The molecule has 35 heavy (non-hydrogen) atoms. The average Bonchev–Trinajstić information content (AvgIpc) is 3.35. The topological polar surface area (TPSA) is 83.4 Å². The molecule has 1 fully saturated rings. The maximum Gasteiger partial charge on any atom is 0.259 e. The van der Waals surface area contributed by atoms with Gasteiger partial charge in [-0.15, -0.1) is 0 Å². The van der Waals surface area contributed by atoms with E-state index in [9.17, 15) is 14.7 Å². The number of aliphatic hydroxyl groups excluding tert-OH is 1. The smallest absolute Gasteiger partial charge is 0.259 e. The average molecular weight is 488 g/mol. The monoisotopic (exact) mass is 487 g/mol. The van der Waals surface area contributed by atoms with Gasteiger partial charge in [-0.2, -0.15) is 0 Å². The summed E-state index contributed by atoms with van der Waals surface area (Å²) < 4.78 is 2.18. The van der Waals surface area contributed by atoms with Crippen LogP contribution in [0.5, 0.6) is 0 Å². The Morgan fingerprint density at radius 1 is 0.943 bits per heavy atom. The molecule has 2 aliphatic heterocycles. The van der Waals surface area contributed by atoms with Crippen molar-refractivity contribution in [1.29, 1.82) is 0 Å². The highest BCUT2D eigenvalue weighted by Gasteiger charge is 2.35. The minimum atomic E-state index is -0.399. The number of halogens is 1. The quantitative estimate of drug-likeness (QED) is 0.351. The zero-order chi connectivity index (χ0) is 24.1. The van der Waals surface area contributed by atoms with Crippen LogP contribution >= 0.6 is 11.6 Å². The van der Waals surface area contributed by atoms with Crippen molar-refractivity contribution in [3.63, 3.8) is 0 Å². The number of hydrogen-bond acceptors (Lipinski definition) is 4. The molecule has 0 saturated carbocycles. The van der Waals surface area contributed by atoms with Crippen LogP contribution < -0.4 is 10.6 Å². The van der Waals surface area contributed by atoms with Crippen LogP contribution in [0.1, 0.15) is 51.5 Å². The summed E-state index contributed by atoms with van der Waals surface area (Å²) >= 11 is 6.54. The number of aromatic nitrogens is 1. The molecule has 178 valence electrons. The van der Waals surface area contributed by atoms with Crippen LogP contribution in [0.2, 0.25) is 5.02 Å². The number of rotatable bonds is 5. The van der Waals surface area contributed by atoms with E-state index in [2.05, 4.69) is 33.4 Å². The Morgan fingerprint density at radius 3 is 2.49 bits per heavy atom. The highest BCUT2D eigenvalue weighted by atomic mass is 35.5. The lowest BCUT2D eigenvalue weighted by Gasteiger charge is -2.23. The predicted molar refractivity (Wildman–Crippen MR) is 138 cm³/mol. The van der Waals surface area contributed by atoms with Gasteiger partial charge in [-0.05, 0) is 67.6 Å². The fourth-order valence-corrected chi connectivity index (χ4v) is 5.97. The Balaban J connectivity index is 1.69. The van der Waals surface area contributed by atoms with Gasteiger partial charge in [-0.25, -0.2) is 0 Å². The Kier molecular flexibility index (Phi) is 5.60. The highest BCUT2D eigenvalue weighted by Crippen LogP contribution is 2.43. The van der Waals surface area contributed by atoms with E-state index in [1.807, 2.05) is 24.3 Å². The van der Waals surface area contributed by atoms with Crippen LogP contribution in [0, 0.1) is 0 Å². The number of carbonyl (C=O) groups excluding carboxylic acids is 2. The Hall–Kier alpha value is -3.19. The summed E-state index contributed by atoms with van der Waals surface area (Å²) in [4.78, 5) is 26.1. The molecular formula is C28H26ClN3O3.